The number of anilines is 1. The number of urea groups is 1. The Bertz CT molecular complexity index is 782. The zero-order chi connectivity index (χ0) is 19.2. The number of methoxy groups -OCH3 is 1. The number of rotatable bonds is 6. The third-order valence-corrected chi connectivity index (χ3v) is 4.57. The Morgan fingerprint density at radius 2 is 2.00 bits per heavy atom. The van der Waals surface area contributed by atoms with Crippen LogP contribution in [0.3, 0.4) is 0 Å². The van der Waals surface area contributed by atoms with Crippen molar-refractivity contribution in [2.24, 2.45) is 0 Å². The standard InChI is InChI=1S/C20H24N4O3/c1-3-16(13-27-2)22-19(25)14-6-8-17(9-7-14)23-20(26)24-11-15-5-4-10-21-18(15)12-24/h4-10,16H,3,11-13H2,1-2H3,(H,22,25)(H,23,26). The molecule has 0 aliphatic carbocycles. The third kappa shape index (κ3) is 4.62. The smallest absolute Gasteiger partial charge is 0.322 e. The van der Waals surface area contributed by atoms with Gasteiger partial charge in [-0.15, -0.1) is 0 Å². The summed E-state index contributed by atoms with van der Waals surface area (Å²) in [6.07, 6.45) is 2.53. The van der Waals surface area contributed by atoms with Crippen LogP contribution in [0.2, 0.25) is 0 Å². The van der Waals surface area contributed by atoms with Crippen LogP contribution in [-0.4, -0.2) is 41.6 Å². The van der Waals surface area contributed by atoms with Crippen molar-refractivity contribution in [2.75, 3.05) is 19.0 Å². The number of ether oxygens (including phenoxy) is 1. The molecule has 0 bridgehead atoms. The molecular formula is C20H24N4O3. The Hall–Kier alpha value is -2.93. The van der Waals surface area contributed by atoms with Gasteiger partial charge < -0.3 is 20.3 Å². The van der Waals surface area contributed by atoms with Gasteiger partial charge in [0, 0.05) is 31.1 Å². The van der Waals surface area contributed by atoms with E-state index in [1.807, 2.05) is 19.1 Å². The average Bonchev–Trinajstić information content (AvgIpc) is 3.12. The van der Waals surface area contributed by atoms with Gasteiger partial charge in [0.2, 0.25) is 0 Å². The van der Waals surface area contributed by atoms with E-state index in [0.717, 1.165) is 17.7 Å². The van der Waals surface area contributed by atoms with E-state index in [1.54, 1.807) is 42.5 Å². The van der Waals surface area contributed by atoms with Crippen molar-refractivity contribution < 1.29 is 14.3 Å². The van der Waals surface area contributed by atoms with Crippen LogP contribution in [-0.2, 0) is 17.8 Å². The number of fused-ring (bicyclic) bond motifs is 1. The molecule has 0 saturated heterocycles. The van der Waals surface area contributed by atoms with Gasteiger partial charge in [-0.05, 0) is 42.3 Å². The first-order valence-electron chi connectivity index (χ1n) is 8.99. The largest absolute Gasteiger partial charge is 0.383 e. The predicted octanol–water partition coefficient (Wildman–Crippen LogP) is 2.78. The lowest BCUT2D eigenvalue weighted by Crippen LogP contribution is -2.37. The molecule has 0 fully saturated rings. The second-order valence-electron chi connectivity index (χ2n) is 6.51. The van der Waals surface area contributed by atoms with E-state index in [2.05, 4.69) is 15.6 Å². The van der Waals surface area contributed by atoms with Crippen molar-refractivity contribution in [3.05, 3.63) is 59.4 Å². The molecule has 2 N–H and O–H groups in total. The molecule has 1 unspecified atom stereocenters. The van der Waals surface area contributed by atoms with E-state index in [9.17, 15) is 9.59 Å². The van der Waals surface area contributed by atoms with Crippen molar-refractivity contribution in [3.63, 3.8) is 0 Å². The first kappa shape index (κ1) is 18.8. The van der Waals surface area contributed by atoms with Gasteiger partial charge in [-0.3, -0.25) is 9.78 Å². The average molecular weight is 368 g/mol. The maximum atomic E-state index is 12.5. The summed E-state index contributed by atoms with van der Waals surface area (Å²) in [7, 11) is 1.61. The molecular weight excluding hydrogens is 344 g/mol. The monoisotopic (exact) mass is 368 g/mol. The quantitative estimate of drug-likeness (QED) is 0.821. The number of carbonyl (C=O) groups excluding carboxylic acids is 2. The first-order valence-corrected chi connectivity index (χ1v) is 8.99. The Morgan fingerprint density at radius 3 is 2.67 bits per heavy atom. The van der Waals surface area contributed by atoms with E-state index in [1.165, 1.54) is 0 Å². The zero-order valence-electron chi connectivity index (χ0n) is 15.6. The second kappa shape index (κ2) is 8.64. The maximum Gasteiger partial charge on any atom is 0.322 e. The van der Waals surface area contributed by atoms with Gasteiger partial charge in [-0.2, -0.15) is 0 Å². The van der Waals surface area contributed by atoms with Crippen LogP contribution in [0.15, 0.2) is 42.6 Å². The summed E-state index contributed by atoms with van der Waals surface area (Å²) in [4.78, 5) is 30.7. The van der Waals surface area contributed by atoms with Gasteiger partial charge in [0.05, 0.1) is 24.9 Å². The van der Waals surface area contributed by atoms with Gasteiger partial charge in [-0.25, -0.2) is 4.79 Å². The van der Waals surface area contributed by atoms with Gasteiger partial charge >= 0.3 is 6.03 Å². The van der Waals surface area contributed by atoms with Gasteiger partial charge in [0.15, 0.2) is 0 Å². The number of aromatic nitrogens is 1. The highest BCUT2D eigenvalue weighted by molar-refractivity contribution is 5.95. The molecule has 27 heavy (non-hydrogen) atoms. The topological polar surface area (TPSA) is 83.6 Å². The van der Waals surface area contributed by atoms with Crippen LogP contribution >= 0.6 is 0 Å². The number of nitrogens with zero attached hydrogens (tertiary/aromatic N) is 2. The minimum absolute atomic E-state index is 0.0210. The number of nitrogens with one attached hydrogen (secondary N) is 2. The zero-order valence-corrected chi connectivity index (χ0v) is 15.6. The Morgan fingerprint density at radius 1 is 1.22 bits per heavy atom. The molecule has 3 amide bonds. The van der Waals surface area contributed by atoms with Crippen molar-refractivity contribution in [1.82, 2.24) is 15.2 Å². The second-order valence-corrected chi connectivity index (χ2v) is 6.51. The summed E-state index contributed by atoms with van der Waals surface area (Å²) in [6.45, 7) is 3.52. The van der Waals surface area contributed by atoms with Crippen molar-refractivity contribution in [2.45, 2.75) is 32.5 Å². The van der Waals surface area contributed by atoms with Gasteiger partial charge in [-0.1, -0.05) is 13.0 Å². The highest BCUT2D eigenvalue weighted by atomic mass is 16.5. The van der Waals surface area contributed by atoms with Crippen molar-refractivity contribution >= 4 is 17.6 Å². The highest BCUT2D eigenvalue weighted by Gasteiger charge is 2.24. The number of pyridine rings is 1. The Balaban J connectivity index is 1.56. The molecule has 1 aromatic carbocycles. The molecule has 2 aromatic rings. The van der Waals surface area contributed by atoms with Crippen LogP contribution < -0.4 is 10.6 Å². The van der Waals surface area contributed by atoms with Crippen LogP contribution in [0, 0.1) is 0 Å². The molecule has 0 radical (unpaired) electrons. The first-order chi connectivity index (χ1) is 13.1. The Labute approximate surface area is 158 Å². The molecule has 3 rings (SSSR count). The number of carbonyl (C=O) groups is 2. The third-order valence-electron chi connectivity index (χ3n) is 4.57. The number of benzene rings is 1. The minimum atomic E-state index is -0.184. The van der Waals surface area contributed by atoms with Crippen LogP contribution in [0.5, 0.6) is 0 Å². The van der Waals surface area contributed by atoms with Crippen LogP contribution in [0.25, 0.3) is 0 Å². The molecule has 142 valence electrons. The lowest BCUT2D eigenvalue weighted by molar-refractivity contribution is 0.0894. The number of hydrogen-bond donors (Lipinski definition) is 2. The van der Waals surface area contributed by atoms with E-state index < -0.39 is 0 Å². The summed E-state index contributed by atoms with van der Waals surface area (Å²) in [5, 5.41) is 5.80. The highest BCUT2D eigenvalue weighted by Crippen LogP contribution is 2.21. The van der Waals surface area contributed by atoms with E-state index in [0.29, 0.717) is 30.9 Å². The summed E-state index contributed by atoms with van der Waals surface area (Å²) >= 11 is 0. The summed E-state index contributed by atoms with van der Waals surface area (Å²) in [5.74, 6) is -0.155. The molecule has 1 atom stereocenters. The van der Waals surface area contributed by atoms with E-state index in [4.69, 9.17) is 4.74 Å². The molecule has 2 heterocycles. The normalized spacial score (nSPS) is 13.8. The van der Waals surface area contributed by atoms with Gasteiger partial charge in [0.25, 0.3) is 5.91 Å². The fourth-order valence-electron chi connectivity index (χ4n) is 2.98. The molecule has 7 nitrogen and oxygen atoms in total. The molecule has 1 aromatic heterocycles. The summed E-state index contributed by atoms with van der Waals surface area (Å²) in [6, 6.07) is 10.5. The maximum absolute atomic E-state index is 12.5. The fourth-order valence-corrected chi connectivity index (χ4v) is 2.98. The fraction of sp³-hybridized carbons (Fsp3) is 0.350. The molecule has 0 spiro atoms. The predicted molar refractivity (Wildman–Crippen MR) is 102 cm³/mol. The van der Waals surface area contributed by atoms with Crippen LogP contribution in [0.4, 0.5) is 10.5 Å². The lowest BCUT2D eigenvalue weighted by Gasteiger charge is -2.17. The minimum Gasteiger partial charge on any atom is -0.383 e. The Kier molecular flexibility index (Phi) is 6.03. The SMILES string of the molecule is CCC(COC)NC(=O)c1ccc(NC(=O)N2Cc3cccnc3C2)cc1. The van der Waals surface area contributed by atoms with E-state index >= 15 is 0 Å². The van der Waals surface area contributed by atoms with Crippen LogP contribution in [0.1, 0.15) is 35.0 Å². The lowest BCUT2D eigenvalue weighted by atomic mass is 10.1. The molecule has 0 saturated carbocycles. The summed E-state index contributed by atoms with van der Waals surface area (Å²) < 4.78 is 5.10. The molecule has 1 aliphatic rings. The number of amides is 3. The van der Waals surface area contributed by atoms with Crippen molar-refractivity contribution in [3.8, 4) is 0 Å². The molecule has 1 aliphatic heterocycles. The number of hydrogen-bond acceptors (Lipinski definition) is 4. The molecule has 7 heteroatoms. The van der Waals surface area contributed by atoms with Crippen molar-refractivity contribution in [1.29, 1.82) is 0 Å². The summed E-state index contributed by atoms with van der Waals surface area (Å²) in [5.41, 5.74) is 3.19. The van der Waals surface area contributed by atoms with E-state index in [-0.39, 0.29) is 18.0 Å². The van der Waals surface area contributed by atoms with Gasteiger partial charge in [0.1, 0.15) is 0 Å².